The Labute approximate surface area is 302 Å². The van der Waals surface area contributed by atoms with E-state index in [4.69, 9.17) is 5.73 Å². The number of H-pyrrole nitrogens is 1. The molecule has 11 nitrogen and oxygen atoms in total. The summed E-state index contributed by atoms with van der Waals surface area (Å²) in [5.74, 6) is -0.167. The largest absolute Gasteiger partial charge is 0.506 e. The van der Waals surface area contributed by atoms with Crippen molar-refractivity contribution in [1.82, 2.24) is 10.3 Å². The van der Waals surface area contributed by atoms with Gasteiger partial charge in [0.05, 0.1) is 17.3 Å². The third-order valence-electron chi connectivity index (χ3n) is 9.76. The predicted octanol–water partition coefficient (Wildman–Crippen LogP) is 6.44. The first-order chi connectivity index (χ1) is 25.2. The Kier molecular flexibility index (Phi) is 11.6. The van der Waals surface area contributed by atoms with Crippen molar-refractivity contribution in [2.75, 3.05) is 16.8 Å². The maximum atomic E-state index is 12.9. The summed E-state index contributed by atoms with van der Waals surface area (Å²) in [7, 11) is 0. The van der Waals surface area contributed by atoms with Crippen LogP contribution in [0.4, 0.5) is 16.2 Å². The summed E-state index contributed by atoms with van der Waals surface area (Å²) in [4.78, 5) is 41.4. The summed E-state index contributed by atoms with van der Waals surface area (Å²) in [5.41, 5.74) is 11.8. The normalized spacial score (nSPS) is 16.3. The van der Waals surface area contributed by atoms with E-state index in [-0.39, 0.29) is 41.4 Å². The van der Waals surface area contributed by atoms with Gasteiger partial charge in [-0.05, 0) is 91.1 Å². The molecule has 11 heteroatoms. The molecule has 1 aromatic heterocycles. The second kappa shape index (κ2) is 16.7. The van der Waals surface area contributed by atoms with E-state index in [0.717, 1.165) is 47.9 Å². The van der Waals surface area contributed by atoms with Crippen molar-refractivity contribution in [1.29, 1.82) is 0 Å². The monoisotopic (exact) mass is 703 g/mol. The Hall–Kier alpha value is -5.49. The van der Waals surface area contributed by atoms with Crippen LogP contribution in [0.15, 0.2) is 102 Å². The van der Waals surface area contributed by atoms with Crippen molar-refractivity contribution >= 4 is 34.3 Å². The van der Waals surface area contributed by atoms with Crippen LogP contribution in [-0.4, -0.2) is 50.9 Å². The van der Waals surface area contributed by atoms with Gasteiger partial charge in [-0.1, -0.05) is 60.7 Å². The van der Waals surface area contributed by atoms with Crippen LogP contribution in [0.2, 0.25) is 0 Å². The number of aryl methyl sites for hydroxylation is 1. The molecule has 1 heterocycles. The molecule has 0 bridgehead atoms. The van der Waals surface area contributed by atoms with Gasteiger partial charge in [0.1, 0.15) is 5.75 Å². The van der Waals surface area contributed by atoms with Crippen molar-refractivity contribution in [3.63, 3.8) is 0 Å². The topological polar surface area (TPSA) is 181 Å². The van der Waals surface area contributed by atoms with Gasteiger partial charge in [0.2, 0.25) is 11.5 Å². The number of phenolic OH excluding ortho intramolecular Hbond substituents is 1. The number of aromatic amines is 1. The number of nitrogens with zero attached hydrogens (tertiary/aromatic N) is 1. The maximum absolute atomic E-state index is 12.9. The molecule has 0 aliphatic heterocycles. The molecule has 52 heavy (non-hydrogen) atoms. The van der Waals surface area contributed by atoms with Crippen LogP contribution in [0, 0.1) is 0 Å². The molecule has 5 aromatic rings. The van der Waals surface area contributed by atoms with Gasteiger partial charge in [-0.15, -0.1) is 0 Å². The standard InChI is InChI=1S/C41H45N5O6/c42-29-12-16-31(17-13-29)46(41(51)52)35-23-26(11-18-32(35)28-6-2-1-3-7-28)5-4-8-38(49)44-30-14-9-27(10-15-30)24-43-25-37(48)33-19-21-36(47)40-34(33)20-22-39(50)45-40/h1-3,6-7,9-11,14-15,18-23,29,31,37,43,47-48H,4-5,8,12-13,16-17,24-25,42H2,(H,44,49)(H,45,50)(H,51,52)/t29-,31-,37-/m0/s1. The van der Waals surface area contributed by atoms with Crippen LogP contribution < -0.4 is 26.8 Å². The number of anilines is 2. The molecule has 2 amide bonds. The number of nitrogens with one attached hydrogen (secondary N) is 3. The minimum Gasteiger partial charge on any atom is -0.506 e. The van der Waals surface area contributed by atoms with Crippen molar-refractivity contribution in [2.24, 2.45) is 5.73 Å². The van der Waals surface area contributed by atoms with Gasteiger partial charge in [-0.2, -0.15) is 0 Å². The average Bonchev–Trinajstić information content (AvgIpc) is 3.14. The number of carboxylic acid groups (broad SMARTS) is 1. The number of phenols is 1. The molecule has 1 aliphatic rings. The molecule has 270 valence electrons. The zero-order valence-electron chi connectivity index (χ0n) is 28.9. The number of aromatic nitrogens is 1. The highest BCUT2D eigenvalue weighted by Gasteiger charge is 2.30. The van der Waals surface area contributed by atoms with Gasteiger partial charge in [0.25, 0.3) is 0 Å². The second-order valence-electron chi connectivity index (χ2n) is 13.5. The molecule has 6 rings (SSSR count). The first-order valence-corrected chi connectivity index (χ1v) is 17.7. The molecule has 0 spiro atoms. The smallest absolute Gasteiger partial charge is 0.412 e. The molecule has 8 N–H and O–H groups in total. The lowest BCUT2D eigenvalue weighted by atomic mass is 9.89. The van der Waals surface area contributed by atoms with Crippen LogP contribution in [0.25, 0.3) is 22.0 Å². The maximum Gasteiger partial charge on any atom is 0.412 e. The van der Waals surface area contributed by atoms with Gasteiger partial charge in [0.15, 0.2) is 0 Å². The number of rotatable bonds is 13. The average molecular weight is 704 g/mol. The van der Waals surface area contributed by atoms with E-state index in [1.165, 1.54) is 17.0 Å². The summed E-state index contributed by atoms with van der Waals surface area (Å²) >= 11 is 0. The molecule has 1 aliphatic carbocycles. The fraction of sp³-hybridized carbons (Fsp3) is 0.293. The molecular formula is C41H45N5O6. The number of pyridine rings is 1. The number of benzene rings is 4. The summed E-state index contributed by atoms with van der Waals surface area (Å²) in [6, 6.07) is 29.2. The quantitative estimate of drug-likeness (QED) is 0.0732. The fourth-order valence-electron chi connectivity index (χ4n) is 7.00. The van der Waals surface area contributed by atoms with Crippen molar-refractivity contribution < 1.29 is 24.9 Å². The zero-order valence-corrected chi connectivity index (χ0v) is 28.9. The van der Waals surface area contributed by atoms with Gasteiger partial charge >= 0.3 is 6.09 Å². The number of carbonyl (C=O) groups is 2. The first-order valence-electron chi connectivity index (χ1n) is 17.7. The molecular weight excluding hydrogens is 658 g/mol. The highest BCUT2D eigenvalue weighted by molar-refractivity contribution is 5.94. The zero-order chi connectivity index (χ0) is 36.6. The van der Waals surface area contributed by atoms with E-state index in [0.29, 0.717) is 48.1 Å². The summed E-state index contributed by atoms with van der Waals surface area (Å²) < 4.78 is 0. The van der Waals surface area contributed by atoms with Crippen LogP contribution in [0.1, 0.15) is 61.3 Å². The Morgan fingerprint density at radius 3 is 2.37 bits per heavy atom. The molecule has 1 atom stereocenters. The molecule has 4 aromatic carbocycles. The summed E-state index contributed by atoms with van der Waals surface area (Å²) in [6.45, 7) is 0.731. The minimum atomic E-state index is -0.976. The fourth-order valence-corrected chi connectivity index (χ4v) is 7.00. The number of nitrogens with two attached hydrogens (primary N) is 1. The van der Waals surface area contributed by atoms with E-state index in [9.17, 15) is 29.7 Å². The van der Waals surface area contributed by atoms with Gasteiger partial charge in [-0.3, -0.25) is 14.5 Å². The highest BCUT2D eigenvalue weighted by Crippen LogP contribution is 2.36. The Bertz CT molecular complexity index is 2060. The second-order valence-corrected chi connectivity index (χ2v) is 13.5. The SMILES string of the molecule is N[C@H]1CC[C@H](N(C(=O)O)c2cc(CCCC(=O)Nc3ccc(CNC[C@H](O)c4ccc(O)c5[nH]c(=O)ccc45)cc3)ccc2-c2ccccc2)CC1. The lowest BCUT2D eigenvalue weighted by Gasteiger charge is -2.35. The minimum absolute atomic E-state index is 0.0585. The molecule has 0 unspecified atom stereocenters. The third-order valence-corrected chi connectivity index (χ3v) is 9.76. The lowest BCUT2D eigenvalue weighted by molar-refractivity contribution is -0.116. The Balaban J connectivity index is 1.02. The third kappa shape index (κ3) is 8.86. The Morgan fingerprint density at radius 2 is 1.63 bits per heavy atom. The molecule has 1 saturated carbocycles. The van der Waals surface area contributed by atoms with Gasteiger partial charge < -0.3 is 36.7 Å². The van der Waals surface area contributed by atoms with Crippen LogP contribution >= 0.6 is 0 Å². The van der Waals surface area contributed by atoms with Crippen LogP contribution in [0.5, 0.6) is 5.75 Å². The van der Waals surface area contributed by atoms with Crippen LogP contribution in [-0.2, 0) is 17.8 Å². The summed E-state index contributed by atoms with van der Waals surface area (Å²) in [5, 5.41) is 38.1. The predicted molar refractivity (Wildman–Crippen MR) is 204 cm³/mol. The van der Waals surface area contributed by atoms with Crippen LogP contribution in [0.3, 0.4) is 0 Å². The molecule has 0 saturated heterocycles. The molecule has 1 fully saturated rings. The number of hydrogen-bond acceptors (Lipinski definition) is 7. The van der Waals surface area contributed by atoms with E-state index in [1.54, 1.807) is 12.1 Å². The number of hydrogen-bond donors (Lipinski definition) is 7. The number of fused-ring (bicyclic) bond motifs is 1. The highest BCUT2D eigenvalue weighted by atomic mass is 16.4. The molecule has 0 radical (unpaired) electrons. The van der Waals surface area contributed by atoms with Crippen molar-refractivity contribution in [3.05, 3.63) is 124 Å². The van der Waals surface area contributed by atoms with E-state index < -0.39 is 12.2 Å². The number of carbonyl (C=O) groups excluding carboxylic acids is 1. The van der Waals surface area contributed by atoms with E-state index >= 15 is 0 Å². The van der Waals surface area contributed by atoms with Gasteiger partial charge in [-0.25, -0.2) is 4.79 Å². The number of aliphatic hydroxyl groups is 1. The van der Waals surface area contributed by atoms with Crippen molar-refractivity contribution in [2.45, 2.75) is 69.7 Å². The van der Waals surface area contributed by atoms with E-state index in [2.05, 4.69) is 15.6 Å². The number of aliphatic hydroxyl groups excluding tert-OH is 1. The number of aromatic hydroxyl groups is 1. The lowest BCUT2D eigenvalue weighted by Crippen LogP contribution is -2.44. The summed E-state index contributed by atoms with van der Waals surface area (Å²) in [6.07, 6.45) is 2.69. The Morgan fingerprint density at radius 1 is 0.904 bits per heavy atom. The number of amides is 2. The van der Waals surface area contributed by atoms with Gasteiger partial charge in [0, 0.05) is 54.3 Å². The van der Waals surface area contributed by atoms with E-state index in [1.807, 2.05) is 72.8 Å². The first kappa shape index (κ1) is 36.3. The van der Waals surface area contributed by atoms with Crippen molar-refractivity contribution in [3.8, 4) is 16.9 Å².